The van der Waals surface area contributed by atoms with Crippen LogP contribution >= 0.6 is 0 Å². The largest absolute Gasteiger partial charge is 0.467 e. The van der Waals surface area contributed by atoms with E-state index in [1.165, 1.54) is 4.68 Å². The second-order valence-electron chi connectivity index (χ2n) is 3.73. The molecule has 0 radical (unpaired) electrons. The number of nitrogens with one attached hydrogen (secondary N) is 1. The molecule has 0 fully saturated rings. The number of nitrogens with zero attached hydrogens (tertiary/aromatic N) is 3. The number of carbonyl (C=O) groups excluding carboxylic acids is 1. The number of rotatable bonds is 5. The fraction of sp³-hybridized carbons (Fsp3) is 0.364. The first kappa shape index (κ1) is 12.3. The Balaban J connectivity index is 1.92. The zero-order valence-electron chi connectivity index (χ0n) is 10.2. The van der Waals surface area contributed by atoms with Crippen molar-refractivity contribution in [3.8, 4) is 0 Å². The van der Waals surface area contributed by atoms with E-state index in [2.05, 4.69) is 15.6 Å². The molecule has 1 amide bonds. The first-order valence-corrected chi connectivity index (χ1v) is 5.41. The van der Waals surface area contributed by atoms with Gasteiger partial charge in [-0.1, -0.05) is 5.21 Å². The van der Waals surface area contributed by atoms with Crippen molar-refractivity contribution in [2.24, 2.45) is 7.05 Å². The molecule has 2 aromatic rings. The second kappa shape index (κ2) is 5.46. The van der Waals surface area contributed by atoms with Gasteiger partial charge in [-0.15, -0.1) is 5.10 Å². The SMILES string of the molecule is CO[C@@H](CNC(=O)c1cn(C)nn1)c1ccco1. The van der Waals surface area contributed by atoms with Gasteiger partial charge in [0.05, 0.1) is 19.0 Å². The summed E-state index contributed by atoms with van der Waals surface area (Å²) in [5.41, 5.74) is 0.270. The molecule has 0 saturated carbocycles. The summed E-state index contributed by atoms with van der Waals surface area (Å²) in [4.78, 5) is 11.7. The summed E-state index contributed by atoms with van der Waals surface area (Å²) < 4.78 is 11.9. The standard InChI is InChI=1S/C11H14N4O3/c1-15-7-8(13-14-15)11(16)12-6-10(17-2)9-4-3-5-18-9/h3-5,7,10H,6H2,1-2H3,(H,12,16)/t10-/m0/s1. The van der Waals surface area contributed by atoms with Crippen LogP contribution in [-0.4, -0.2) is 34.6 Å². The van der Waals surface area contributed by atoms with Crippen LogP contribution < -0.4 is 5.32 Å². The van der Waals surface area contributed by atoms with Crippen molar-refractivity contribution in [3.63, 3.8) is 0 Å². The van der Waals surface area contributed by atoms with Crippen molar-refractivity contribution in [2.45, 2.75) is 6.10 Å². The predicted octanol–water partition coefficient (Wildman–Crippen LogP) is 0.526. The van der Waals surface area contributed by atoms with E-state index in [1.807, 2.05) is 0 Å². The van der Waals surface area contributed by atoms with Crippen LogP contribution in [0.1, 0.15) is 22.4 Å². The van der Waals surface area contributed by atoms with E-state index in [4.69, 9.17) is 9.15 Å². The molecule has 18 heavy (non-hydrogen) atoms. The van der Waals surface area contributed by atoms with Gasteiger partial charge in [0, 0.05) is 14.2 Å². The number of furan rings is 1. The number of aryl methyl sites for hydroxylation is 1. The van der Waals surface area contributed by atoms with Crippen molar-refractivity contribution in [1.82, 2.24) is 20.3 Å². The lowest BCUT2D eigenvalue weighted by Crippen LogP contribution is -2.29. The molecule has 96 valence electrons. The minimum Gasteiger partial charge on any atom is -0.467 e. The zero-order valence-corrected chi connectivity index (χ0v) is 10.2. The summed E-state index contributed by atoms with van der Waals surface area (Å²) in [6.07, 6.45) is 2.79. The highest BCUT2D eigenvalue weighted by Gasteiger charge is 2.16. The van der Waals surface area contributed by atoms with Gasteiger partial charge >= 0.3 is 0 Å². The molecule has 2 rings (SSSR count). The van der Waals surface area contributed by atoms with E-state index >= 15 is 0 Å². The van der Waals surface area contributed by atoms with Gasteiger partial charge in [-0.3, -0.25) is 9.48 Å². The van der Waals surface area contributed by atoms with E-state index in [0.29, 0.717) is 12.3 Å². The normalized spacial score (nSPS) is 12.3. The second-order valence-corrected chi connectivity index (χ2v) is 3.73. The Morgan fingerprint density at radius 3 is 3.06 bits per heavy atom. The Hall–Kier alpha value is -2.15. The van der Waals surface area contributed by atoms with Crippen molar-refractivity contribution in [3.05, 3.63) is 36.0 Å². The quantitative estimate of drug-likeness (QED) is 0.836. The molecule has 7 nitrogen and oxygen atoms in total. The van der Waals surface area contributed by atoms with Crippen molar-refractivity contribution >= 4 is 5.91 Å². The fourth-order valence-corrected chi connectivity index (χ4v) is 1.50. The van der Waals surface area contributed by atoms with Crippen LogP contribution in [0.2, 0.25) is 0 Å². The summed E-state index contributed by atoms with van der Waals surface area (Å²) in [6.45, 7) is 0.305. The molecule has 2 aromatic heterocycles. The molecule has 1 N–H and O–H groups in total. The Labute approximate surface area is 104 Å². The maximum atomic E-state index is 11.7. The Morgan fingerprint density at radius 2 is 2.50 bits per heavy atom. The smallest absolute Gasteiger partial charge is 0.273 e. The van der Waals surface area contributed by atoms with E-state index < -0.39 is 0 Å². The predicted molar refractivity (Wildman–Crippen MR) is 61.8 cm³/mol. The van der Waals surface area contributed by atoms with Gasteiger partial charge in [0.2, 0.25) is 0 Å². The lowest BCUT2D eigenvalue weighted by molar-refractivity contribution is 0.0736. The zero-order chi connectivity index (χ0) is 13.0. The van der Waals surface area contributed by atoms with Gasteiger partial charge in [0.15, 0.2) is 5.69 Å². The van der Waals surface area contributed by atoms with E-state index in [1.54, 1.807) is 38.8 Å². The van der Waals surface area contributed by atoms with Gasteiger partial charge in [0.25, 0.3) is 5.91 Å². The first-order valence-electron chi connectivity index (χ1n) is 5.41. The third-order valence-electron chi connectivity index (χ3n) is 2.43. The molecule has 2 heterocycles. The van der Waals surface area contributed by atoms with E-state index in [0.717, 1.165) is 0 Å². The molecule has 0 unspecified atom stereocenters. The maximum absolute atomic E-state index is 11.7. The van der Waals surface area contributed by atoms with Gasteiger partial charge < -0.3 is 14.5 Å². The molecule has 0 aromatic carbocycles. The number of hydrogen-bond donors (Lipinski definition) is 1. The van der Waals surface area contributed by atoms with Gasteiger partial charge in [-0.25, -0.2) is 0 Å². The number of amides is 1. The van der Waals surface area contributed by atoms with Gasteiger partial charge in [-0.05, 0) is 12.1 Å². The summed E-state index contributed by atoms with van der Waals surface area (Å²) in [7, 11) is 3.26. The minimum atomic E-state index is -0.319. The van der Waals surface area contributed by atoms with Crippen LogP contribution in [0, 0.1) is 0 Å². The Morgan fingerprint density at radius 1 is 1.67 bits per heavy atom. The molecule has 0 aliphatic rings. The third kappa shape index (κ3) is 2.75. The lowest BCUT2D eigenvalue weighted by Gasteiger charge is -2.12. The fourth-order valence-electron chi connectivity index (χ4n) is 1.50. The molecular formula is C11H14N4O3. The number of hydrogen-bond acceptors (Lipinski definition) is 5. The molecule has 0 bridgehead atoms. The van der Waals surface area contributed by atoms with Crippen molar-refractivity contribution in [2.75, 3.05) is 13.7 Å². The summed E-state index contributed by atoms with van der Waals surface area (Å²) in [5, 5.41) is 10.1. The number of methoxy groups -OCH3 is 1. The number of carbonyl (C=O) groups is 1. The summed E-state index contributed by atoms with van der Waals surface area (Å²) in [5.74, 6) is 0.369. The van der Waals surface area contributed by atoms with Crippen molar-refractivity contribution < 1.29 is 13.9 Å². The monoisotopic (exact) mass is 250 g/mol. The van der Waals surface area contributed by atoms with Gasteiger partial charge in [0.1, 0.15) is 11.9 Å². The van der Waals surface area contributed by atoms with Crippen LogP contribution in [0.3, 0.4) is 0 Å². The summed E-state index contributed by atoms with van der Waals surface area (Å²) >= 11 is 0. The van der Waals surface area contributed by atoms with Gasteiger partial charge in [-0.2, -0.15) is 0 Å². The minimum absolute atomic E-state index is 0.270. The van der Waals surface area contributed by atoms with Crippen molar-refractivity contribution in [1.29, 1.82) is 0 Å². The van der Waals surface area contributed by atoms with Crippen LogP contribution in [-0.2, 0) is 11.8 Å². The molecule has 0 aliphatic heterocycles. The molecule has 1 atom stereocenters. The highest BCUT2D eigenvalue weighted by atomic mass is 16.5. The maximum Gasteiger partial charge on any atom is 0.273 e. The molecule has 7 heteroatoms. The number of ether oxygens (including phenoxy) is 1. The number of aromatic nitrogens is 3. The van der Waals surface area contributed by atoms with E-state index in [9.17, 15) is 4.79 Å². The molecular weight excluding hydrogens is 236 g/mol. The van der Waals surface area contributed by atoms with E-state index in [-0.39, 0.29) is 17.7 Å². The highest BCUT2D eigenvalue weighted by molar-refractivity contribution is 5.91. The Kier molecular flexibility index (Phi) is 3.73. The topological polar surface area (TPSA) is 82.2 Å². The third-order valence-corrected chi connectivity index (χ3v) is 2.43. The van der Waals surface area contributed by atoms with Crippen LogP contribution in [0.5, 0.6) is 0 Å². The van der Waals surface area contributed by atoms with Crippen LogP contribution in [0.25, 0.3) is 0 Å². The average molecular weight is 250 g/mol. The molecule has 0 spiro atoms. The first-order chi connectivity index (χ1) is 8.70. The molecule has 0 aliphatic carbocycles. The van der Waals surface area contributed by atoms with Crippen LogP contribution in [0.4, 0.5) is 0 Å². The average Bonchev–Trinajstić information content (AvgIpc) is 3.01. The summed E-state index contributed by atoms with van der Waals surface area (Å²) in [6, 6.07) is 3.56. The lowest BCUT2D eigenvalue weighted by atomic mass is 10.2. The highest BCUT2D eigenvalue weighted by Crippen LogP contribution is 2.15. The van der Waals surface area contributed by atoms with Crippen LogP contribution in [0.15, 0.2) is 29.0 Å². The molecule has 0 saturated heterocycles. The Bertz CT molecular complexity index is 506.